The van der Waals surface area contributed by atoms with Gasteiger partial charge in [0.25, 0.3) is 0 Å². The number of anilines is 3. The lowest BCUT2D eigenvalue weighted by Crippen LogP contribution is -2.30. The van der Waals surface area contributed by atoms with Crippen molar-refractivity contribution < 1.29 is 0 Å². The molecule has 0 unspecified atom stereocenters. The Morgan fingerprint density at radius 1 is 0.448 bits per heavy atom. The predicted molar refractivity (Wildman–Crippen MR) is 279 cm³/mol. The average Bonchev–Trinajstić information content (AvgIpc) is 3.94. The van der Waals surface area contributed by atoms with Gasteiger partial charge in [-0.3, -0.25) is 9.13 Å². The van der Waals surface area contributed by atoms with Gasteiger partial charge in [0.15, 0.2) is 11.3 Å². The first kappa shape index (κ1) is 43.7. The van der Waals surface area contributed by atoms with Crippen LogP contribution in [-0.4, -0.2) is 29.1 Å². The third-order valence-corrected chi connectivity index (χ3v) is 14.2. The normalized spacial score (nSPS) is 13.9. The van der Waals surface area contributed by atoms with Gasteiger partial charge in [0.1, 0.15) is 12.7 Å². The molecule has 8 heteroatoms. The highest BCUT2D eigenvalue weighted by Gasteiger charge is 2.37. The highest BCUT2D eigenvalue weighted by atomic mass is 79.9. The van der Waals surface area contributed by atoms with E-state index < -0.39 is 0 Å². The minimum absolute atomic E-state index is 0.0591. The monoisotopic (exact) mass is 939 g/mol. The molecule has 0 saturated carbocycles. The number of hydrogen-bond donors (Lipinski definition) is 0. The van der Waals surface area contributed by atoms with Crippen molar-refractivity contribution in [3.8, 4) is 11.4 Å². The minimum atomic E-state index is -0.0591. The highest BCUT2D eigenvalue weighted by molar-refractivity contribution is 9.10. The quantitative estimate of drug-likeness (QED) is 0.177. The van der Waals surface area contributed by atoms with E-state index in [0.29, 0.717) is 0 Å². The molecule has 5 heterocycles. The molecule has 0 N–H and O–H groups in total. The SMILES string of the molecule is CC1(C)c2ccccc2Cc2ccccc21.Cc1cc(Br)cc(C)c1-n1cnc2ncccc21.Cc1cc(N2c3ccccc3C(C)(C)c3ccccc32)cc(C)c1-n1cnc2ncccc21. The number of aromatic nitrogens is 6. The van der Waals surface area contributed by atoms with Gasteiger partial charge >= 0.3 is 0 Å². The van der Waals surface area contributed by atoms with Gasteiger partial charge in [-0.2, -0.15) is 0 Å². The van der Waals surface area contributed by atoms with Gasteiger partial charge in [0.05, 0.1) is 33.8 Å². The van der Waals surface area contributed by atoms with Crippen LogP contribution < -0.4 is 4.90 Å². The fourth-order valence-electron chi connectivity index (χ4n) is 10.6. The number of para-hydroxylation sites is 2. The molecule has 0 atom stereocenters. The van der Waals surface area contributed by atoms with E-state index in [-0.39, 0.29) is 10.8 Å². The third kappa shape index (κ3) is 7.73. The van der Waals surface area contributed by atoms with Crippen molar-refractivity contribution >= 4 is 55.3 Å². The maximum absolute atomic E-state index is 4.51. The van der Waals surface area contributed by atoms with Crippen molar-refractivity contribution in [1.29, 1.82) is 0 Å². The first-order valence-corrected chi connectivity index (χ1v) is 23.7. The van der Waals surface area contributed by atoms with Gasteiger partial charge in [-0.25, -0.2) is 19.9 Å². The Labute approximate surface area is 402 Å². The number of benzene rings is 6. The van der Waals surface area contributed by atoms with E-state index in [4.69, 9.17) is 0 Å². The lowest BCUT2D eigenvalue weighted by molar-refractivity contribution is 0.610. The topological polar surface area (TPSA) is 64.7 Å². The number of fused-ring (bicyclic) bond motifs is 6. The Bertz CT molecular complexity index is 3340. The Hall–Kier alpha value is -7.16. The molecule has 7 nitrogen and oxygen atoms in total. The Kier molecular flexibility index (Phi) is 11.3. The molecule has 10 aromatic rings. The van der Waals surface area contributed by atoms with Gasteiger partial charge in [0, 0.05) is 33.4 Å². The van der Waals surface area contributed by atoms with Crippen LogP contribution in [-0.2, 0) is 17.3 Å². The van der Waals surface area contributed by atoms with Crippen LogP contribution in [0.3, 0.4) is 0 Å². The summed E-state index contributed by atoms with van der Waals surface area (Å²) in [6.07, 6.45) is 8.34. The minimum Gasteiger partial charge on any atom is -0.310 e. The van der Waals surface area contributed by atoms with E-state index in [1.54, 1.807) is 12.4 Å². The second-order valence-electron chi connectivity index (χ2n) is 18.8. The van der Waals surface area contributed by atoms with E-state index in [9.17, 15) is 0 Å². The van der Waals surface area contributed by atoms with Gasteiger partial charge in [-0.1, -0.05) is 129 Å². The summed E-state index contributed by atoms with van der Waals surface area (Å²) in [6.45, 7) is 17.9. The Morgan fingerprint density at radius 3 is 1.30 bits per heavy atom. The van der Waals surface area contributed by atoms with Crippen molar-refractivity contribution in [3.63, 3.8) is 0 Å². The van der Waals surface area contributed by atoms with Crippen LogP contribution in [0.2, 0.25) is 0 Å². The molecule has 0 amide bonds. The van der Waals surface area contributed by atoms with Gasteiger partial charge in [-0.15, -0.1) is 0 Å². The number of hydrogen-bond acceptors (Lipinski definition) is 5. The number of rotatable bonds is 3. The zero-order valence-corrected chi connectivity index (χ0v) is 41.0. The largest absolute Gasteiger partial charge is 0.310 e. The summed E-state index contributed by atoms with van der Waals surface area (Å²) in [5, 5.41) is 0. The van der Waals surface area contributed by atoms with Crippen LogP contribution in [0.4, 0.5) is 17.1 Å². The number of nitrogens with zero attached hydrogens (tertiary/aromatic N) is 7. The molecular formula is C59H54BrN7. The van der Waals surface area contributed by atoms with E-state index in [2.05, 4.69) is 233 Å². The molecule has 0 bridgehead atoms. The zero-order chi connectivity index (χ0) is 46.6. The van der Waals surface area contributed by atoms with E-state index >= 15 is 0 Å². The molecule has 67 heavy (non-hydrogen) atoms. The smallest absolute Gasteiger partial charge is 0.177 e. The van der Waals surface area contributed by atoms with Crippen molar-refractivity contribution in [2.75, 3.05) is 4.90 Å². The highest BCUT2D eigenvalue weighted by Crippen LogP contribution is 2.52. The summed E-state index contributed by atoms with van der Waals surface area (Å²) in [4.78, 5) is 19.9. The lowest BCUT2D eigenvalue weighted by atomic mass is 9.69. The number of pyridine rings is 2. The summed E-state index contributed by atoms with van der Waals surface area (Å²) in [5.74, 6) is 0. The second kappa shape index (κ2) is 17.2. The first-order chi connectivity index (χ1) is 32.3. The number of halogens is 1. The van der Waals surface area contributed by atoms with Crippen LogP contribution in [0.25, 0.3) is 33.7 Å². The van der Waals surface area contributed by atoms with E-state index in [1.807, 2.05) is 30.9 Å². The fourth-order valence-corrected chi connectivity index (χ4v) is 11.3. The first-order valence-electron chi connectivity index (χ1n) is 22.9. The van der Waals surface area contributed by atoms with Crippen molar-refractivity contribution in [2.24, 2.45) is 0 Å². The number of aryl methyl sites for hydroxylation is 4. The summed E-state index contributed by atoms with van der Waals surface area (Å²) in [5.41, 5.74) is 23.1. The van der Waals surface area contributed by atoms with Gasteiger partial charge in [0.2, 0.25) is 0 Å². The van der Waals surface area contributed by atoms with Crippen LogP contribution in [0.5, 0.6) is 0 Å². The van der Waals surface area contributed by atoms with Crippen LogP contribution in [0.1, 0.15) is 83.3 Å². The molecule has 332 valence electrons. The fraction of sp³-hybridized carbons (Fsp3) is 0.186. The molecule has 2 aliphatic rings. The Morgan fingerprint density at radius 2 is 0.836 bits per heavy atom. The van der Waals surface area contributed by atoms with Crippen LogP contribution in [0.15, 0.2) is 175 Å². The van der Waals surface area contributed by atoms with Crippen molar-refractivity contribution in [2.45, 2.75) is 72.6 Å². The van der Waals surface area contributed by atoms with Crippen LogP contribution in [0, 0.1) is 27.7 Å². The molecule has 0 spiro atoms. The Balaban J connectivity index is 0.000000130. The summed E-state index contributed by atoms with van der Waals surface area (Å²) < 4.78 is 5.35. The average molecular weight is 941 g/mol. The summed E-state index contributed by atoms with van der Waals surface area (Å²) in [6, 6.07) is 52.0. The molecular weight excluding hydrogens is 887 g/mol. The maximum atomic E-state index is 4.51. The lowest BCUT2D eigenvalue weighted by Gasteiger charge is -2.42. The standard InChI is InChI=1S/C29H26N4.C16H16.C14H12BrN3/c1-19-16-21(17-20(2)27(19)32-18-31-28-26(32)14-9-15-30-28)33-24-12-7-5-10-22(24)29(3,4)23-11-6-8-13-25(23)33;1-16(2)14-9-5-3-7-12(14)11-13-8-4-6-10-15(13)16;1-9-6-11(15)7-10(2)13(9)18-8-17-14-12(18)4-3-5-16-14/h5-18H,1-4H3;3-10H,11H2,1-2H3;3-8H,1-2H3. The zero-order valence-electron chi connectivity index (χ0n) is 39.4. The molecule has 1 aliphatic heterocycles. The van der Waals surface area contributed by atoms with Crippen molar-refractivity contribution in [1.82, 2.24) is 29.1 Å². The molecule has 1 aliphatic carbocycles. The second-order valence-corrected chi connectivity index (χ2v) is 19.8. The van der Waals surface area contributed by atoms with E-state index in [0.717, 1.165) is 38.9 Å². The van der Waals surface area contributed by atoms with Crippen LogP contribution >= 0.6 is 15.9 Å². The van der Waals surface area contributed by atoms with Gasteiger partial charge in [-0.05, 0) is 150 Å². The van der Waals surface area contributed by atoms with Gasteiger partial charge < -0.3 is 4.90 Å². The molecule has 0 saturated heterocycles. The molecule has 0 fully saturated rings. The third-order valence-electron chi connectivity index (χ3n) is 13.7. The summed E-state index contributed by atoms with van der Waals surface area (Å²) >= 11 is 3.52. The molecule has 6 aromatic carbocycles. The van der Waals surface area contributed by atoms with Crippen molar-refractivity contribution in [3.05, 3.63) is 231 Å². The number of imidazole rings is 2. The van der Waals surface area contributed by atoms with E-state index in [1.165, 1.54) is 78.4 Å². The summed E-state index contributed by atoms with van der Waals surface area (Å²) in [7, 11) is 0. The molecule has 4 aromatic heterocycles. The molecule has 0 radical (unpaired) electrons. The predicted octanol–water partition coefficient (Wildman–Crippen LogP) is 14.9. The molecule has 12 rings (SSSR count). The maximum Gasteiger partial charge on any atom is 0.177 e.